The highest BCUT2D eigenvalue weighted by Gasteiger charge is 2.05. The maximum Gasteiger partial charge on any atom is 0.219 e. The van der Waals surface area contributed by atoms with Crippen LogP contribution in [-0.4, -0.2) is 17.0 Å². The summed E-state index contributed by atoms with van der Waals surface area (Å²) in [5.41, 5.74) is 1.13. The fourth-order valence-electron chi connectivity index (χ4n) is 1.49. The van der Waals surface area contributed by atoms with E-state index in [-0.39, 0.29) is 6.04 Å². The van der Waals surface area contributed by atoms with Crippen molar-refractivity contribution < 1.29 is 4.74 Å². The van der Waals surface area contributed by atoms with Crippen LogP contribution in [0, 0.1) is 0 Å². The lowest BCUT2D eigenvalue weighted by Crippen LogP contribution is -2.12. The van der Waals surface area contributed by atoms with E-state index in [9.17, 15) is 0 Å². The zero-order valence-corrected chi connectivity index (χ0v) is 11.8. The zero-order chi connectivity index (χ0) is 13.0. The quantitative estimate of drug-likeness (QED) is 0.941. The highest BCUT2D eigenvalue weighted by atomic mass is 79.9. The van der Waals surface area contributed by atoms with Crippen LogP contribution in [-0.2, 0) is 0 Å². The number of ether oxygens (including phenoxy) is 1. The highest BCUT2D eigenvalue weighted by Crippen LogP contribution is 2.23. The Hall–Kier alpha value is -1.46. The van der Waals surface area contributed by atoms with Gasteiger partial charge in [0.05, 0.1) is 6.20 Å². The molecule has 0 spiro atoms. The molecule has 18 heavy (non-hydrogen) atoms. The monoisotopic (exact) mass is 307 g/mol. The number of nitrogens with zero attached hydrogens (tertiary/aromatic N) is 2. The number of pyridine rings is 2. The highest BCUT2D eigenvalue weighted by molar-refractivity contribution is 9.10. The van der Waals surface area contributed by atoms with Crippen molar-refractivity contribution in [2.24, 2.45) is 0 Å². The molecule has 1 unspecified atom stereocenters. The van der Waals surface area contributed by atoms with Crippen LogP contribution in [0.15, 0.2) is 41.3 Å². The van der Waals surface area contributed by atoms with Crippen molar-refractivity contribution in [3.8, 4) is 11.6 Å². The Morgan fingerprint density at radius 2 is 2.17 bits per heavy atom. The fraction of sp³-hybridized carbons (Fsp3) is 0.231. The van der Waals surface area contributed by atoms with E-state index in [0.29, 0.717) is 11.6 Å². The van der Waals surface area contributed by atoms with Gasteiger partial charge in [0.25, 0.3) is 0 Å². The van der Waals surface area contributed by atoms with Gasteiger partial charge < -0.3 is 10.1 Å². The maximum absolute atomic E-state index is 5.66. The van der Waals surface area contributed by atoms with Crippen LogP contribution in [0.2, 0.25) is 0 Å². The average molecular weight is 308 g/mol. The van der Waals surface area contributed by atoms with Crippen LogP contribution in [0.5, 0.6) is 11.6 Å². The van der Waals surface area contributed by atoms with Gasteiger partial charge in [-0.3, -0.25) is 4.98 Å². The first kappa shape index (κ1) is 13.0. The van der Waals surface area contributed by atoms with Crippen molar-refractivity contribution in [3.05, 3.63) is 46.8 Å². The summed E-state index contributed by atoms with van der Waals surface area (Å²) in [6, 6.07) is 5.99. The Morgan fingerprint density at radius 3 is 2.89 bits per heavy atom. The molecule has 0 amide bonds. The zero-order valence-electron chi connectivity index (χ0n) is 10.2. The molecule has 0 aliphatic rings. The number of nitrogens with one attached hydrogen (secondary N) is 1. The third-order valence-corrected chi connectivity index (χ3v) is 3.03. The van der Waals surface area contributed by atoms with Crippen molar-refractivity contribution >= 4 is 15.9 Å². The largest absolute Gasteiger partial charge is 0.437 e. The molecule has 0 saturated carbocycles. The third kappa shape index (κ3) is 3.27. The van der Waals surface area contributed by atoms with Gasteiger partial charge in [-0.05, 0) is 47.6 Å². The van der Waals surface area contributed by atoms with Crippen molar-refractivity contribution in [3.63, 3.8) is 0 Å². The molecule has 1 atom stereocenters. The first-order valence-corrected chi connectivity index (χ1v) is 6.40. The van der Waals surface area contributed by atoms with Crippen LogP contribution in [0.3, 0.4) is 0 Å². The van der Waals surface area contributed by atoms with Crippen LogP contribution < -0.4 is 10.1 Å². The number of aromatic nitrogens is 2. The van der Waals surface area contributed by atoms with E-state index in [1.807, 2.05) is 25.2 Å². The predicted octanol–water partition coefficient (Wildman–Crippen LogP) is 3.31. The summed E-state index contributed by atoms with van der Waals surface area (Å²) in [5.74, 6) is 1.22. The Balaban J connectivity index is 2.19. The van der Waals surface area contributed by atoms with Gasteiger partial charge in [0, 0.05) is 29.0 Å². The Kier molecular flexibility index (Phi) is 4.28. The van der Waals surface area contributed by atoms with Crippen molar-refractivity contribution in [2.75, 3.05) is 7.05 Å². The van der Waals surface area contributed by atoms with Gasteiger partial charge in [0.15, 0.2) is 0 Å². The summed E-state index contributed by atoms with van der Waals surface area (Å²) >= 11 is 3.35. The number of hydrogen-bond acceptors (Lipinski definition) is 4. The van der Waals surface area contributed by atoms with Crippen LogP contribution in [0.1, 0.15) is 18.5 Å². The summed E-state index contributed by atoms with van der Waals surface area (Å²) < 4.78 is 6.54. The molecule has 94 valence electrons. The minimum atomic E-state index is 0.260. The normalized spacial score (nSPS) is 12.2. The molecule has 0 saturated heterocycles. The lowest BCUT2D eigenvalue weighted by atomic mass is 10.1. The Labute approximate surface area is 115 Å². The topological polar surface area (TPSA) is 47.0 Å². The lowest BCUT2D eigenvalue weighted by Gasteiger charge is -2.11. The number of rotatable bonds is 4. The minimum Gasteiger partial charge on any atom is -0.437 e. The van der Waals surface area contributed by atoms with E-state index >= 15 is 0 Å². The summed E-state index contributed by atoms with van der Waals surface area (Å²) in [7, 11) is 1.92. The van der Waals surface area contributed by atoms with E-state index < -0.39 is 0 Å². The molecule has 0 fully saturated rings. The van der Waals surface area contributed by atoms with Gasteiger partial charge in [-0.1, -0.05) is 0 Å². The molecular formula is C13H14BrN3O. The molecule has 0 aromatic carbocycles. The van der Waals surface area contributed by atoms with E-state index in [1.165, 1.54) is 0 Å². The van der Waals surface area contributed by atoms with E-state index in [2.05, 4.69) is 38.1 Å². The van der Waals surface area contributed by atoms with E-state index in [1.54, 1.807) is 18.6 Å². The summed E-state index contributed by atoms with van der Waals surface area (Å²) in [6.45, 7) is 2.08. The molecule has 1 N–H and O–H groups in total. The SMILES string of the molecule is CNC(C)c1ccnc(Oc2cncc(Br)c2)c1. The molecule has 5 heteroatoms. The molecule has 0 aliphatic carbocycles. The van der Waals surface area contributed by atoms with Crippen molar-refractivity contribution in [1.82, 2.24) is 15.3 Å². The van der Waals surface area contributed by atoms with Gasteiger partial charge in [-0.25, -0.2) is 4.98 Å². The van der Waals surface area contributed by atoms with Gasteiger partial charge in [-0.2, -0.15) is 0 Å². The maximum atomic E-state index is 5.66. The average Bonchev–Trinajstić information content (AvgIpc) is 2.38. The minimum absolute atomic E-state index is 0.260. The number of hydrogen-bond donors (Lipinski definition) is 1. The molecule has 2 aromatic heterocycles. The van der Waals surface area contributed by atoms with E-state index in [4.69, 9.17) is 4.74 Å². The van der Waals surface area contributed by atoms with E-state index in [0.717, 1.165) is 10.0 Å². The van der Waals surface area contributed by atoms with Crippen LogP contribution in [0.25, 0.3) is 0 Å². The Morgan fingerprint density at radius 1 is 1.33 bits per heavy atom. The molecule has 2 heterocycles. The second kappa shape index (κ2) is 5.93. The van der Waals surface area contributed by atoms with Gasteiger partial charge in [0.1, 0.15) is 5.75 Å². The third-order valence-electron chi connectivity index (χ3n) is 2.59. The molecular weight excluding hydrogens is 294 g/mol. The molecule has 4 nitrogen and oxygen atoms in total. The lowest BCUT2D eigenvalue weighted by molar-refractivity contribution is 0.458. The molecule has 0 radical (unpaired) electrons. The van der Waals surface area contributed by atoms with Crippen molar-refractivity contribution in [2.45, 2.75) is 13.0 Å². The number of halogens is 1. The smallest absolute Gasteiger partial charge is 0.219 e. The fourth-order valence-corrected chi connectivity index (χ4v) is 1.83. The summed E-state index contributed by atoms with van der Waals surface area (Å²) in [5, 5.41) is 3.18. The van der Waals surface area contributed by atoms with Gasteiger partial charge in [-0.15, -0.1) is 0 Å². The second-order valence-corrected chi connectivity index (χ2v) is 4.79. The molecule has 0 bridgehead atoms. The Bertz CT molecular complexity index is 533. The standard InChI is InChI=1S/C13H14BrN3O/c1-9(15-2)10-3-4-17-13(5-10)18-12-6-11(14)7-16-8-12/h3-9,15H,1-2H3. The first-order chi connectivity index (χ1) is 8.69. The van der Waals surface area contributed by atoms with Crippen LogP contribution >= 0.6 is 15.9 Å². The molecule has 2 aromatic rings. The second-order valence-electron chi connectivity index (χ2n) is 3.88. The van der Waals surface area contributed by atoms with Crippen LogP contribution in [0.4, 0.5) is 0 Å². The molecule has 2 rings (SSSR count). The first-order valence-electron chi connectivity index (χ1n) is 5.60. The predicted molar refractivity (Wildman–Crippen MR) is 73.7 cm³/mol. The van der Waals surface area contributed by atoms with Gasteiger partial charge in [0.2, 0.25) is 5.88 Å². The van der Waals surface area contributed by atoms with Gasteiger partial charge >= 0.3 is 0 Å². The summed E-state index contributed by atoms with van der Waals surface area (Å²) in [4.78, 5) is 8.23. The van der Waals surface area contributed by atoms with Crippen molar-refractivity contribution in [1.29, 1.82) is 0 Å². The molecule has 0 aliphatic heterocycles. The summed E-state index contributed by atoms with van der Waals surface area (Å²) in [6.07, 6.45) is 5.10.